The molecule has 0 saturated carbocycles. The number of rotatable bonds is 4. The van der Waals surface area contributed by atoms with Gasteiger partial charge >= 0.3 is 0 Å². The molecule has 1 unspecified atom stereocenters. The lowest BCUT2D eigenvalue weighted by Gasteiger charge is -2.11. The van der Waals surface area contributed by atoms with E-state index in [9.17, 15) is 0 Å². The topological polar surface area (TPSA) is 73.5 Å². The molecule has 15 heavy (non-hydrogen) atoms. The molecule has 0 aliphatic carbocycles. The summed E-state index contributed by atoms with van der Waals surface area (Å²) < 4.78 is 5.27. The summed E-state index contributed by atoms with van der Waals surface area (Å²) >= 11 is 0. The van der Waals surface area contributed by atoms with Gasteiger partial charge in [0.05, 0.1) is 18.2 Å². The highest BCUT2D eigenvalue weighted by molar-refractivity contribution is 5.41. The summed E-state index contributed by atoms with van der Waals surface area (Å²) in [6.45, 7) is 1.53. The van der Waals surface area contributed by atoms with Gasteiger partial charge in [0.25, 0.3) is 0 Å². The second-order valence-corrected chi connectivity index (χ2v) is 3.24. The SMILES string of the molecule is Cc1ccc(C#N)cc1OCC(O)CO. The number of ether oxygens (including phenoxy) is 1. The fraction of sp³-hybridized carbons (Fsp3) is 0.364. The van der Waals surface area contributed by atoms with E-state index in [1.165, 1.54) is 0 Å². The second-order valence-electron chi connectivity index (χ2n) is 3.24. The van der Waals surface area contributed by atoms with Crippen LogP contribution in [0, 0.1) is 18.3 Å². The Labute approximate surface area is 88.4 Å². The molecule has 2 N–H and O–H groups in total. The molecule has 1 rings (SSSR count). The molecular weight excluding hydrogens is 194 g/mol. The van der Waals surface area contributed by atoms with Crippen molar-refractivity contribution >= 4 is 0 Å². The maximum absolute atomic E-state index is 9.10. The van der Waals surface area contributed by atoms with Crippen LogP contribution in [0.25, 0.3) is 0 Å². The summed E-state index contributed by atoms with van der Waals surface area (Å²) in [7, 11) is 0. The molecule has 0 bridgehead atoms. The van der Waals surface area contributed by atoms with Gasteiger partial charge in [-0.3, -0.25) is 0 Å². The highest BCUT2D eigenvalue weighted by Gasteiger charge is 2.05. The molecule has 1 aromatic rings. The molecule has 0 saturated heterocycles. The molecular formula is C11H13NO3. The normalized spacial score (nSPS) is 11.9. The zero-order valence-electron chi connectivity index (χ0n) is 8.47. The van der Waals surface area contributed by atoms with Crippen molar-refractivity contribution in [2.75, 3.05) is 13.2 Å². The first kappa shape index (κ1) is 11.5. The molecule has 80 valence electrons. The number of nitrogens with zero attached hydrogens (tertiary/aromatic N) is 1. The molecule has 0 spiro atoms. The van der Waals surface area contributed by atoms with Crippen LogP contribution in [0.3, 0.4) is 0 Å². The van der Waals surface area contributed by atoms with Crippen molar-refractivity contribution in [1.29, 1.82) is 5.26 Å². The van der Waals surface area contributed by atoms with E-state index >= 15 is 0 Å². The number of benzene rings is 1. The van der Waals surface area contributed by atoms with Gasteiger partial charge in [-0.05, 0) is 24.6 Å². The lowest BCUT2D eigenvalue weighted by Crippen LogP contribution is -2.21. The summed E-state index contributed by atoms with van der Waals surface area (Å²) in [5.74, 6) is 0.557. The predicted molar refractivity (Wildman–Crippen MR) is 54.5 cm³/mol. The molecule has 1 aromatic carbocycles. The fourth-order valence-electron chi connectivity index (χ4n) is 1.06. The average Bonchev–Trinajstić information content (AvgIpc) is 2.27. The third-order valence-electron chi connectivity index (χ3n) is 1.96. The van der Waals surface area contributed by atoms with Gasteiger partial charge in [0.1, 0.15) is 18.5 Å². The van der Waals surface area contributed by atoms with Crippen LogP contribution < -0.4 is 4.74 Å². The minimum atomic E-state index is -0.893. The van der Waals surface area contributed by atoms with Crippen LogP contribution in [-0.4, -0.2) is 29.5 Å². The van der Waals surface area contributed by atoms with Crippen molar-refractivity contribution in [3.63, 3.8) is 0 Å². The molecule has 1 atom stereocenters. The van der Waals surface area contributed by atoms with Crippen molar-refractivity contribution in [2.24, 2.45) is 0 Å². The van der Waals surface area contributed by atoms with Gasteiger partial charge in [0.15, 0.2) is 0 Å². The zero-order valence-corrected chi connectivity index (χ0v) is 8.47. The maximum atomic E-state index is 9.10. The molecule has 4 heteroatoms. The van der Waals surface area contributed by atoms with Crippen LogP contribution in [0.15, 0.2) is 18.2 Å². The lowest BCUT2D eigenvalue weighted by atomic mass is 10.1. The van der Waals surface area contributed by atoms with Crippen molar-refractivity contribution in [1.82, 2.24) is 0 Å². The summed E-state index contributed by atoms with van der Waals surface area (Å²) in [6.07, 6.45) is -0.893. The number of nitriles is 1. The molecule has 0 radical (unpaired) electrons. The third kappa shape index (κ3) is 3.24. The first-order valence-corrected chi connectivity index (χ1v) is 4.60. The van der Waals surface area contributed by atoms with Crippen molar-refractivity contribution in [3.8, 4) is 11.8 Å². The van der Waals surface area contributed by atoms with Gasteiger partial charge in [-0.1, -0.05) is 6.07 Å². The van der Waals surface area contributed by atoms with E-state index in [2.05, 4.69) is 0 Å². The number of aliphatic hydroxyl groups excluding tert-OH is 2. The first-order chi connectivity index (χ1) is 7.17. The highest BCUT2D eigenvalue weighted by Crippen LogP contribution is 2.19. The Morgan fingerprint density at radius 2 is 2.27 bits per heavy atom. The van der Waals surface area contributed by atoms with Crippen molar-refractivity contribution in [2.45, 2.75) is 13.0 Å². The Bertz CT molecular complexity index is 371. The van der Waals surface area contributed by atoms with E-state index in [4.69, 9.17) is 20.2 Å². The van der Waals surface area contributed by atoms with Gasteiger partial charge in [-0.2, -0.15) is 5.26 Å². The Kier molecular flexibility index (Phi) is 4.10. The van der Waals surface area contributed by atoms with Gasteiger partial charge in [0, 0.05) is 0 Å². The standard InChI is InChI=1S/C11H13NO3/c1-8-2-3-9(5-12)4-11(8)15-7-10(14)6-13/h2-4,10,13-14H,6-7H2,1H3. The quantitative estimate of drug-likeness (QED) is 0.758. The van der Waals surface area contributed by atoms with Crippen molar-refractivity contribution < 1.29 is 14.9 Å². The number of hydrogen-bond acceptors (Lipinski definition) is 4. The first-order valence-electron chi connectivity index (χ1n) is 4.60. The Balaban J connectivity index is 2.72. The molecule has 0 aliphatic rings. The average molecular weight is 207 g/mol. The summed E-state index contributed by atoms with van der Waals surface area (Å²) in [5.41, 5.74) is 1.40. The lowest BCUT2D eigenvalue weighted by molar-refractivity contribution is 0.0534. The van der Waals surface area contributed by atoms with Crippen LogP contribution in [0.2, 0.25) is 0 Å². The molecule has 4 nitrogen and oxygen atoms in total. The van der Waals surface area contributed by atoms with E-state index in [1.807, 2.05) is 13.0 Å². The summed E-state index contributed by atoms with van der Waals surface area (Å²) in [5, 5.41) is 26.4. The van der Waals surface area contributed by atoms with Crippen LogP contribution >= 0.6 is 0 Å². The Morgan fingerprint density at radius 3 is 2.87 bits per heavy atom. The van der Waals surface area contributed by atoms with Gasteiger partial charge < -0.3 is 14.9 Å². The molecule has 0 aromatic heterocycles. The van der Waals surface area contributed by atoms with Crippen LogP contribution in [0.4, 0.5) is 0 Å². The fourth-order valence-corrected chi connectivity index (χ4v) is 1.06. The minimum absolute atomic E-state index is 0.0201. The zero-order chi connectivity index (χ0) is 11.3. The Morgan fingerprint density at radius 1 is 1.53 bits per heavy atom. The minimum Gasteiger partial charge on any atom is -0.490 e. The monoisotopic (exact) mass is 207 g/mol. The second kappa shape index (κ2) is 5.35. The van der Waals surface area contributed by atoms with Crippen LogP contribution in [-0.2, 0) is 0 Å². The van der Waals surface area contributed by atoms with E-state index in [1.54, 1.807) is 18.2 Å². The van der Waals surface area contributed by atoms with Crippen molar-refractivity contribution in [3.05, 3.63) is 29.3 Å². The number of aliphatic hydroxyl groups is 2. The predicted octanol–water partition coefficient (Wildman–Crippen LogP) is 0.599. The maximum Gasteiger partial charge on any atom is 0.123 e. The summed E-state index contributed by atoms with van der Waals surface area (Å²) in [6, 6.07) is 7.09. The van der Waals surface area contributed by atoms with Gasteiger partial charge in [-0.15, -0.1) is 0 Å². The molecule has 0 amide bonds. The Hall–Kier alpha value is -1.57. The van der Waals surface area contributed by atoms with E-state index < -0.39 is 6.10 Å². The third-order valence-corrected chi connectivity index (χ3v) is 1.96. The molecule has 0 aliphatic heterocycles. The van der Waals surface area contributed by atoms with Gasteiger partial charge in [0.2, 0.25) is 0 Å². The molecule has 0 heterocycles. The molecule has 0 fully saturated rings. The van der Waals surface area contributed by atoms with E-state index in [0.29, 0.717) is 11.3 Å². The number of hydrogen-bond donors (Lipinski definition) is 2. The highest BCUT2D eigenvalue weighted by atomic mass is 16.5. The smallest absolute Gasteiger partial charge is 0.123 e. The van der Waals surface area contributed by atoms with E-state index in [-0.39, 0.29) is 13.2 Å². The van der Waals surface area contributed by atoms with Crippen LogP contribution in [0.5, 0.6) is 5.75 Å². The van der Waals surface area contributed by atoms with E-state index in [0.717, 1.165) is 5.56 Å². The number of aryl methyl sites for hydroxylation is 1. The summed E-state index contributed by atoms with van der Waals surface area (Å²) in [4.78, 5) is 0. The van der Waals surface area contributed by atoms with Crippen LogP contribution in [0.1, 0.15) is 11.1 Å². The largest absolute Gasteiger partial charge is 0.490 e. The van der Waals surface area contributed by atoms with Gasteiger partial charge in [-0.25, -0.2) is 0 Å².